The molecule has 3 heterocycles. The maximum atomic E-state index is 13.7. The lowest BCUT2D eigenvalue weighted by Crippen LogP contribution is -2.64. The molecule has 0 saturated carbocycles. The molecule has 2 saturated heterocycles. The number of fused-ring (bicyclic) bond motifs is 1. The van der Waals surface area contributed by atoms with Gasteiger partial charge in [0, 0.05) is 17.7 Å². The standard InChI is InChI=1S/C28H32O16/c1-9-18(33)20(35)22(37)27(40-9)43-25-16(8-29)42-28(23(38)21(25)36)44-26-19(34)17-13(32)6-11(30)7-15(17)41-24(26)10-3-4-12(31)14(5-10)39-2/h3-7,9,16,18,20-23,25,27-33,35-38H,8H2,1-2H3/t9-,16+,18-,20-,21+,22+,23+,25+,27+,28-/m1/s1. The van der Waals surface area contributed by atoms with Crippen molar-refractivity contribution in [3.63, 3.8) is 0 Å². The second-order valence-electron chi connectivity index (χ2n) is 10.4. The van der Waals surface area contributed by atoms with Crippen molar-refractivity contribution < 1.29 is 74.1 Å². The number of methoxy groups -OCH3 is 1. The molecule has 0 bridgehead atoms. The van der Waals surface area contributed by atoms with Crippen LogP contribution >= 0.6 is 0 Å². The molecule has 1 aromatic heterocycles. The van der Waals surface area contributed by atoms with Crippen LogP contribution in [0, 0.1) is 0 Å². The molecule has 0 aliphatic carbocycles. The first-order valence-corrected chi connectivity index (χ1v) is 13.4. The van der Waals surface area contributed by atoms with E-state index in [-0.39, 0.29) is 28.4 Å². The summed E-state index contributed by atoms with van der Waals surface area (Å²) in [6.07, 6.45) is -16.2. The van der Waals surface area contributed by atoms with Gasteiger partial charge in [0.1, 0.15) is 65.2 Å². The summed E-state index contributed by atoms with van der Waals surface area (Å²) >= 11 is 0. The van der Waals surface area contributed by atoms with Crippen LogP contribution < -0.4 is 14.9 Å². The molecule has 240 valence electrons. The van der Waals surface area contributed by atoms with Crippen molar-refractivity contribution in [1.29, 1.82) is 0 Å². The fraction of sp³-hybridized carbons (Fsp3) is 0.464. The Bertz CT molecular complexity index is 1550. The first kappa shape index (κ1) is 31.7. The van der Waals surface area contributed by atoms with E-state index in [1.54, 1.807) is 0 Å². The molecule has 0 radical (unpaired) electrons. The van der Waals surface area contributed by atoms with Gasteiger partial charge in [0.15, 0.2) is 23.5 Å². The van der Waals surface area contributed by atoms with E-state index in [0.29, 0.717) is 0 Å². The Hall–Kier alpha value is -3.71. The maximum Gasteiger partial charge on any atom is 0.239 e. The predicted octanol–water partition coefficient (Wildman–Crippen LogP) is -1.38. The minimum Gasteiger partial charge on any atom is -0.508 e. The summed E-state index contributed by atoms with van der Waals surface area (Å²) in [5.74, 6) is -2.28. The van der Waals surface area contributed by atoms with Gasteiger partial charge in [-0.05, 0) is 25.1 Å². The number of aliphatic hydroxyl groups is 6. The Morgan fingerprint density at radius 2 is 1.55 bits per heavy atom. The number of phenols is 3. The lowest BCUT2D eigenvalue weighted by atomic mass is 9.97. The highest BCUT2D eigenvalue weighted by atomic mass is 16.7. The first-order chi connectivity index (χ1) is 20.9. The van der Waals surface area contributed by atoms with Gasteiger partial charge < -0.3 is 74.1 Å². The molecule has 2 aromatic carbocycles. The molecular formula is C28H32O16. The maximum absolute atomic E-state index is 13.7. The summed E-state index contributed by atoms with van der Waals surface area (Å²) < 4.78 is 33.3. The number of hydrogen-bond donors (Lipinski definition) is 9. The lowest BCUT2D eigenvalue weighted by molar-refractivity contribution is -0.349. The van der Waals surface area contributed by atoms with Crippen LogP contribution in [0.25, 0.3) is 22.3 Å². The van der Waals surface area contributed by atoms with Crippen LogP contribution in [0.2, 0.25) is 0 Å². The molecule has 0 spiro atoms. The number of hydrogen-bond acceptors (Lipinski definition) is 16. The molecule has 5 rings (SSSR count). The van der Waals surface area contributed by atoms with Crippen molar-refractivity contribution >= 4 is 11.0 Å². The van der Waals surface area contributed by atoms with Crippen molar-refractivity contribution in [2.75, 3.05) is 13.7 Å². The number of aromatic hydroxyl groups is 3. The second kappa shape index (κ2) is 12.4. The zero-order valence-electron chi connectivity index (χ0n) is 23.3. The normalized spacial score (nSPS) is 32.5. The van der Waals surface area contributed by atoms with Gasteiger partial charge in [-0.1, -0.05) is 0 Å². The molecule has 44 heavy (non-hydrogen) atoms. The summed E-state index contributed by atoms with van der Waals surface area (Å²) in [5, 5.41) is 92.4. The number of aliphatic hydroxyl groups excluding tert-OH is 6. The van der Waals surface area contributed by atoms with Crippen molar-refractivity contribution in [3.8, 4) is 40.1 Å². The van der Waals surface area contributed by atoms with Gasteiger partial charge in [-0.3, -0.25) is 4.79 Å². The van der Waals surface area contributed by atoms with Crippen molar-refractivity contribution in [2.45, 2.75) is 68.3 Å². The SMILES string of the molecule is COc1cc(-c2oc3cc(O)cc(O)c3c(=O)c2O[C@H]2O[C@@H](CO)[C@H](O[C@@H]3O[C@H](C)[C@@H](O)[C@@H](O)[C@@H]3O)[C@@H](O)[C@@H]2O)ccc1O. The second-order valence-corrected chi connectivity index (χ2v) is 10.4. The Balaban J connectivity index is 1.51. The lowest BCUT2D eigenvalue weighted by Gasteiger charge is -2.45. The quantitative estimate of drug-likeness (QED) is 0.147. The highest BCUT2D eigenvalue weighted by molar-refractivity contribution is 5.88. The summed E-state index contributed by atoms with van der Waals surface area (Å²) in [7, 11) is 1.28. The molecule has 10 atom stereocenters. The van der Waals surface area contributed by atoms with E-state index in [1.807, 2.05) is 0 Å². The van der Waals surface area contributed by atoms with Gasteiger partial charge >= 0.3 is 0 Å². The number of phenolic OH excluding ortho intramolecular Hbond substituents is 3. The van der Waals surface area contributed by atoms with Gasteiger partial charge in [-0.15, -0.1) is 0 Å². The number of benzene rings is 2. The third kappa shape index (κ3) is 5.63. The number of rotatable bonds is 7. The molecule has 2 fully saturated rings. The van der Waals surface area contributed by atoms with Crippen LogP contribution in [0.5, 0.6) is 28.7 Å². The minimum atomic E-state index is -1.97. The van der Waals surface area contributed by atoms with E-state index in [9.17, 15) is 50.8 Å². The smallest absolute Gasteiger partial charge is 0.239 e. The molecule has 9 N–H and O–H groups in total. The third-order valence-corrected chi connectivity index (χ3v) is 7.51. The van der Waals surface area contributed by atoms with Crippen LogP contribution in [0.4, 0.5) is 0 Å². The fourth-order valence-electron chi connectivity index (χ4n) is 5.10. The van der Waals surface area contributed by atoms with Gasteiger partial charge in [-0.2, -0.15) is 0 Å². The van der Waals surface area contributed by atoms with Crippen LogP contribution in [-0.4, -0.2) is 121 Å². The van der Waals surface area contributed by atoms with Crippen molar-refractivity contribution in [1.82, 2.24) is 0 Å². The summed E-state index contributed by atoms with van der Waals surface area (Å²) in [6.45, 7) is 0.577. The van der Waals surface area contributed by atoms with E-state index in [1.165, 1.54) is 32.2 Å². The monoisotopic (exact) mass is 624 g/mol. The van der Waals surface area contributed by atoms with Gasteiger partial charge in [0.2, 0.25) is 17.5 Å². The third-order valence-electron chi connectivity index (χ3n) is 7.51. The first-order valence-electron chi connectivity index (χ1n) is 13.4. The summed E-state index contributed by atoms with van der Waals surface area (Å²) in [4.78, 5) is 13.7. The molecule has 2 aliphatic rings. The average Bonchev–Trinajstić information content (AvgIpc) is 2.99. The van der Waals surface area contributed by atoms with Crippen molar-refractivity contribution in [3.05, 3.63) is 40.6 Å². The average molecular weight is 625 g/mol. The Kier molecular flexibility index (Phi) is 8.90. The predicted molar refractivity (Wildman–Crippen MR) is 145 cm³/mol. The minimum absolute atomic E-state index is 0.0151. The fourth-order valence-corrected chi connectivity index (χ4v) is 5.10. The van der Waals surface area contributed by atoms with E-state index in [2.05, 4.69) is 0 Å². The highest BCUT2D eigenvalue weighted by Gasteiger charge is 2.51. The Morgan fingerprint density at radius 1 is 0.841 bits per heavy atom. The van der Waals surface area contributed by atoms with Crippen molar-refractivity contribution in [2.24, 2.45) is 0 Å². The molecule has 0 unspecified atom stereocenters. The van der Waals surface area contributed by atoms with E-state index >= 15 is 0 Å². The number of ether oxygens (including phenoxy) is 5. The highest BCUT2D eigenvalue weighted by Crippen LogP contribution is 2.40. The van der Waals surface area contributed by atoms with E-state index < -0.39 is 96.1 Å². The van der Waals surface area contributed by atoms with Crippen LogP contribution in [0.1, 0.15) is 6.92 Å². The largest absolute Gasteiger partial charge is 0.508 e. The van der Waals surface area contributed by atoms with Gasteiger partial charge in [-0.25, -0.2) is 0 Å². The summed E-state index contributed by atoms with van der Waals surface area (Å²) in [5.41, 5.74) is -1.11. The van der Waals surface area contributed by atoms with Crippen LogP contribution in [0.15, 0.2) is 39.5 Å². The zero-order valence-corrected chi connectivity index (χ0v) is 23.3. The zero-order chi connectivity index (χ0) is 32.0. The molecule has 3 aromatic rings. The molecule has 16 nitrogen and oxygen atoms in total. The van der Waals surface area contributed by atoms with Gasteiger partial charge in [0.25, 0.3) is 0 Å². The Morgan fingerprint density at radius 3 is 2.23 bits per heavy atom. The molecule has 16 heteroatoms. The molecule has 0 amide bonds. The molecular weight excluding hydrogens is 592 g/mol. The topological polar surface area (TPSA) is 258 Å². The van der Waals surface area contributed by atoms with Gasteiger partial charge in [0.05, 0.1) is 19.8 Å². The van der Waals surface area contributed by atoms with E-state index in [0.717, 1.165) is 12.1 Å². The van der Waals surface area contributed by atoms with E-state index in [4.69, 9.17) is 28.1 Å². The van der Waals surface area contributed by atoms with Crippen LogP contribution in [-0.2, 0) is 14.2 Å². The Labute approximate surface area is 248 Å². The summed E-state index contributed by atoms with van der Waals surface area (Å²) in [6, 6.07) is 5.83. The van der Waals surface area contributed by atoms with Crippen LogP contribution in [0.3, 0.4) is 0 Å². The molecule has 2 aliphatic heterocycles.